The average molecular weight is 639 g/mol. The van der Waals surface area contributed by atoms with Crippen molar-refractivity contribution in [3.8, 4) is 45.3 Å². The predicted octanol–water partition coefficient (Wildman–Crippen LogP) is 11.7. The van der Waals surface area contributed by atoms with Crippen LogP contribution in [0.1, 0.15) is 0 Å². The van der Waals surface area contributed by atoms with Crippen LogP contribution in [0.5, 0.6) is 0 Å². The molecule has 3 aromatic heterocycles. The van der Waals surface area contributed by atoms with Gasteiger partial charge in [0.2, 0.25) is 0 Å². The van der Waals surface area contributed by atoms with Crippen molar-refractivity contribution in [2.75, 3.05) is 0 Å². The van der Waals surface area contributed by atoms with E-state index in [2.05, 4.69) is 167 Å². The molecule has 3 heterocycles. The summed E-state index contributed by atoms with van der Waals surface area (Å²) >= 11 is 0. The Labute approximate surface area is 289 Å². The van der Waals surface area contributed by atoms with E-state index in [1.165, 1.54) is 32.6 Å². The third-order valence-electron chi connectivity index (χ3n) is 9.74. The van der Waals surface area contributed by atoms with Gasteiger partial charge in [0.1, 0.15) is 0 Å². The van der Waals surface area contributed by atoms with Crippen LogP contribution < -0.4 is 0 Å². The molecular weight excluding hydrogens is 609 g/mol. The van der Waals surface area contributed by atoms with Crippen molar-refractivity contribution in [3.63, 3.8) is 0 Å². The van der Waals surface area contributed by atoms with Gasteiger partial charge in [-0.05, 0) is 48.5 Å². The summed E-state index contributed by atoms with van der Waals surface area (Å²) in [6.07, 6.45) is 0. The number of nitrogens with zero attached hydrogens (tertiary/aromatic N) is 4. The van der Waals surface area contributed by atoms with Gasteiger partial charge in [0.15, 0.2) is 5.82 Å². The Morgan fingerprint density at radius 3 is 1.52 bits per heavy atom. The predicted molar refractivity (Wildman–Crippen MR) is 207 cm³/mol. The fourth-order valence-corrected chi connectivity index (χ4v) is 7.50. The molecule has 50 heavy (non-hydrogen) atoms. The van der Waals surface area contributed by atoms with Crippen molar-refractivity contribution in [2.24, 2.45) is 0 Å². The van der Waals surface area contributed by atoms with E-state index in [0.717, 1.165) is 50.5 Å². The number of para-hydroxylation sites is 4. The molecule has 0 amide bonds. The zero-order chi connectivity index (χ0) is 33.0. The fraction of sp³-hybridized carbons (Fsp3) is 0. The van der Waals surface area contributed by atoms with E-state index in [1.807, 2.05) is 24.3 Å². The first-order valence-electron chi connectivity index (χ1n) is 16.9. The van der Waals surface area contributed by atoms with E-state index in [1.54, 1.807) is 0 Å². The van der Waals surface area contributed by atoms with Crippen molar-refractivity contribution in [1.82, 2.24) is 19.1 Å². The highest BCUT2D eigenvalue weighted by atomic mass is 15.0. The van der Waals surface area contributed by atoms with E-state index in [9.17, 15) is 0 Å². The van der Waals surface area contributed by atoms with Crippen LogP contribution in [0.4, 0.5) is 0 Å². The van der Waals surface area contributed by atoms with Crippen molar-refractivity contribution in [2.45, 2.75) is 0 Å². The number of hydrogen-bond acceptors (Lipinski definition) is 2. The van der Waals surface area contributed by atoms with Crippen LogP contribution in [0.15, 0.2) is 182 Å². The summed E-state index contributed by atoms with van der Waals surface area (Å²) in [4.78, 5) is 10.3. The van der Waals surface area contributed by atoms with Crippen LogP contribution in [0.25, 0.3) is 88.9 Å². The molecule has 0 aliphatic rings. The van der Waals surface area contributed by atoms with Crippen molar-refractivity contribution < 1.29 is 0 Å². The van der Waals surface area contributed by atoms with Gasteiger partial charge in [-0.25, -0.2) is 9.97 Å². The molecule has 0 atom stereocenters. The van der Waals surface area contributed by atoms with E-state index in [-0.39, 0.29) is 0 Å². The molecule has 10 rings (SSSR count). The molecule has 4 nitrogen and oxygen atoms in total. The van der Waals surface area contributed by atoms with E-state index in [4.69, 9.17) is 9.97 Å². The minimum atomic E-state index is 0.704. The molecule has 0 saturated carbocycles. The van der Waals surface area contributed by atoms with Crippen LogP contribution in [0.3, 0.4) is 0 Å². The number of rotatable bonds is 5. The maximum absolute atomic E-state index is 5.21. The van der Waals surface area contributed by atoms with E-state index >= 15 is 0 Å². The minimum absolute atomic E-state index is 0.704. The zero-order valence-electron chi connectivity index (χ0n) is 27.1. The summed E-state index contributed by atoms with van der Waals surface area (Å²) in [7, 11) is 0. The quantitative estimate of drug-likeness (QED) is 0.188. The monoisotopic (exact) mass is 638 g/mol. The molecule has 10 aromatic rings. The van der Waals surface area contributed by atoms with Crippen LogP contribution in [-0.4, -0.2) is 19.1 Å². The molecule has 0 fully saturated rings. The molecule has 0 aliphatic carbocycles. The topological polar surface area (TPSA) is 35.6 Å². The molecule has 0 spiro atoms. The maximum atomic E-state index is 5.21. The minimum Gasteiger partial charge on any atom is -0.309 e. The average Bonchev–Trinajstić information content (AvgIpc) is 3.71. The Balaban J connectivity index is 1.21. The second-order valence-electron chi connectivity index (χ2n) is 12.6. The maximum Gasteiger partial charge on any atom is 0.160 e. The lowest BCUT2D eigenvalue weighted by Crippen LogP contribution is -2.01. The van der Waals surface area contributed by atoms with Gasteiger partial charge in [-0.1, -0.05) is 133 Å². The van der Waals surface area contributed by atoms with E-state index in [0.29, 0.717) is 5.82 Å². The molecule has 0 radical (unpaired) electrons. The first-order chi connectivity index (χ1) is 24.8. The third-order valence-corrected chi connectivity index (χ3v) is 9.74. The Kier molecular flexibility index (Phi) is 6.46. The summed E-state index contributed by atoms with van der Waals surface area (Å²) in [5, 5.41) is 4.92. The number of hydrogen-bond donors (Lipinski definition) is 0. The SMILES string of the molecule is c1ccc(-c2cc(-c3ccccc3-n3c4ccccc4c4cc(-n5c6ccccc6c6ccccc65)ccc43)nc(-c3ccccc3)n2)cc1. The molecular formula is C46H30N4. The van der Waals surface area contributed by atoms with Crippen LogP contribution in [-0.2, 0) is 0 Å². The highest BCUT2D eigenvalue weighted by molar-refractivity contribution is 6.12. The number of aromatic nitrogens is 4. The Hall–Kier alpha value is -6.78. The first kappa shape index (κ1) is 28.3. The van der Waals surface area contributed by atoms with Crippen molar-refractivity contribution in [3.05, 3.63) is 182 Å². The smallest absolute Gasteiger partial charge is 0.160 e. The summed E-state index contributed by atoms with van der Waals surface area (Å²) in [5.41, 5.74) is 11.8. The Bertz CT molecular complexity index is 2750. The van der Waals surface area contributed by atoms with Gasteiger partial charge < -0.3 is 9.13 Å². The van der Waals surface area contributed by atoms with Crippen molar-refractivity contribution in [1.29, 1.82) is 0 Å². The van der Waals surface area contributed by atoms with Gasteiger partial charge in [0, 0.05) is 43.9 Å². The Morgan fingerprint density at radius 2 is 0.840 bits per heavy atom. The first-order valence-corrected chi connectivity index (χ1v) is 16.9. The lowest BCUT2D eigenvalue weighted by molar-refractivity contribution is 1.15. The molecule has 0 bridgehead atoms. The van der Waals surface area contributed by atoms with Crippen molar-refractivity contribution >= 4 is 43.6 Å². The number of fused-ring (bicyclic) bond motifs is 6. The normalized spacial score (nSPS) is 11.6. The van der Waals surface area contributed by atoms with Gasteiger partial charge >= 0.3 is 0 Å². The largest absolute Gasteiger partial charge is 0.309 e. The summed E-state index contributed by atoms with van der Waals surface area (Å²) in [5.74, 6) is 0.704. The molecule has 0 unspecified atom stereocenters. The summed E-state index contributed by atoms with van der Waals surface area (Å²) in [6.45, 7) is 0. The highest BCUT2D eigenvalue weighted by Crippen LogP contribution is 2.39. The Morgan fingerprint density at radius 1 is 0.340 bits per heavy atom. The van der Waals surface area contributed by atoms with Gasteiger partial charge in [0.05, 0.1) is 39.1 Å². The lowest BCUT2D eigenvalue weighted by atomic mass is 10.0. The fourth-order valence-electron chi connectivity index (χ4n) is 7.50. The molecule has 4 heteroatoms. The second kappa shape index (κ2) is 11.4. The zero-order valence-corrected chi connectivity index (χ0v) is 27.1. The van der Waals surface area contributed by atoms with Crippen LogP contribution in [0, 0.1) is 0 Å². The summed E-state index contributed by atoms with van der Waals surface area (Å²) < 4.78 is 4.78. The number of benzene rings is 7. The van der Waals surface area contributed by atoms with Crippen LogP contribution >= 0.6 is 0 Å². The van der Waals surface area contributed by atoms with Crippen LogP contribution in [0.2, 0.25) is 0 Å². The van der Waals surface area contributed by atoms with Gasteiger partial charge in [0.25, 0.3) is 0 Å². The van der Waals surface area contributed by atoms with Gasteiger partial charge in [-0.15, -0.1) is 0 Å². The standard InChI is InChI=1S/C46H30N4/c1-3-15-31(16-4-1)39-30-40(48-46(47-39)32-17-5-2-6-18-32)37-22-10-14-26-44(37)50-43-25-13-9-21-36(43)38-29-33(27-28-45(38)50)49-41-23-11-7-19-34(41)35-20-8-12-24-42(35)49/h1-30H. The molecule has 234 valence electrons. The third kappa shape index (κ3) is 4.46. The summed E-state index contributed by atoms with van der Waals surface area (Å²) in [6, 6.07) is 64.2. The second-order valence-corrected chi connectivity index (χ2v) is 12.6. The molecule has 0 saturated heterocycles. The lowest BCUT2D eigenvalue weighted by Gasteiger charge is -2.15. The molecule has 0 N–H and O–H groups in total. The molecule has 0 aliphatic heterocycles. The van der Waals surface area contributed by atoms with Gasteiger partial charge in [-0.3, -0.25) is 0 Å². The van der Waals surface area contributed by atoms with Gasteiger partial charge in [-0.2, -0.15) is 0 Å². The molecule has 7 aromatic carbocycles. The highest BCUT2D eigenvalue weighted by Gasteiger charge is 2.19. The van der Waals surface area contributed by atoms with E-state index < -0.39 is 0 Å².